The Labute approximate surface area is 96.5 Å². The lowest BCUT2D eigenvalue weighted by molar-refractivity contribution is 0.0859. The summed E-state index contributed by atoms with van der Waals surface area (Å²) < 4.78 is 10.7. The maximum Gasteiger partial charge on any atom is 0.126 e. The van der Waals surface area contributed by atoms with E-state index in [-0.39, 0.29) is 0 Å². The Morgan fingerprint density at radius 2 is 1.81 bits per heavy atom. The van der Waals surface area contributed by atoms with Crippen LogP contribution in [0.4, 0.5) is 0 Å². The van der Waals surface area contributed by atoms with Gasteiger partial charge in [0.1, 0.15) is 11.5 Å². The summed E-state index contributed by atoms with van der Waals surface area (Å²) in [5, 5.41) is 0. The smallest absolute Gasteiger partial charge is 0.126 e. The fraction of sp³-hybridized carbons (Fsp3) is 0.500. The molecule has 0 spiro atoms. The van der Waals surface area contributed by atoms with Gasteiger partial charge in [-0.3, -0.25) is 0 Å². The molecule has 1 N–H and O–H groups in total. The van der Waals surface area contributed by atoms with E-state index in [4.69, 9.17) is 14.3 Å². The van der Waals surface area contributed by atoms with Crippen molar-refractivity contribution in [2.24, 2.45) is 0 Å². The zero-order valence-corrected chi connectivity index (χ0v) is 10.5. The van der Waals surface area contributed by atoms with Crippen LogP contribution in [-0.2, 0) is 11.4 Å². The Morgan fingerprint density at radius 1 is 1.12 bits per heavy atom. The molecule has 4 heteroatoms. The van der Waals surface area contributed by atoms with Crippen LogP contribution in [0.15, 0.2) is 6.07 Å². The zero-order chi connectivity index (χ0) is 12.1. The number of aryl methyl sites for hydroxylation is 1. The van der Waals surface area contributed by atoms with Crippen LogP contribution in [0.1, 0.15) is 16.7 Å². The normalized spacial score (nSPS) is 10.3. The third kappa shape index (κ3) is 2.46. The molecule has 0 saturated heterocycles. The van der Waals surface area contributed by atoms with Crippen molar-refractivity contribution < 1.29 is 14.3 Å². The van der Waals surface area contributed by atoms with Crippen molar-refractivity contribution in [1.29, 1.82) is 0 Å². The lowest BCUT2D eigenvalue weighted by Crippen LogP contribution is -2.13. The zero-order valence-electron chi connectivity index (χ0n) is 10.5. The van der Waals surface area contributed by atoms with Gasteiger partial charge in [0.05, 0.1) is 27.9 Å². The van der Waals surface area contributed by atoms with Crippen molar-refractivity contribution in [2.45, 2.75) is 20.4 Å². The first-order valence-corrected chi connectivity index (χ1v) is 5.12. The lowest BCUT2D eigenvalue weighted by atomic mass is 10.0. The molecular weight excluding hydrogens is 206 g/mol. The van der Waals surface area contributed by atoms with Crippen LogP contribution in [0.5, 0.6) is 11.5 Å². The van der Waals surface area contributed by atoms with Crippen LogP contribution in [0.3, 0.4) is 0 Å². The number of benzene rings is 1. The maximum atomic E-state index is 5.40. The van der Waals surface area contributed by atoms with E-state index in [1.807, 2.05) is 19.9 Å². The second kappa shape index (κ2) is 5.72. The Hall–Kier alpha value is -1.26. The highest BCUT2D eigenvalue weighted by molar-refractivity contribution is 5.52. The van der Waals surface area contributed by atoms with E-state index in [9.17, 15) is 0 Å². The van der Waals surface area contributed by atoms with Crippen LogP contribution in [0.2, 0.25) is 0 Å². The van der Waals surface area contributed by atoms with Gasteiger partial charge in [0.25, 0.3) is 0 Å². The molecule has 0 aliphatic heterocycles. The fourth-order valence-electron chi connectivity index (χ4n) is 1.78. The molecule has 0 heterocycles. The maximum absolute atomic E-state index is 5.40. The van der Waals surface area contributed by atoms with Crippen molar-refractivity contribution in [2.75, 3.05) is 21.3 Å². The summed E-state index contributed by atoms with van der Waals surface area (Å²) in [6, 6.07) is 1.98. The van der Waals surface area contributed by atoms with Crippen LogP contribution >= 0.6 is 0 Å². The van der Waals surface area contributed by atoms with Gasteiger partial charge in [0.15, 0.2) is 0 Å². The molecule has 0 atom stereocenters. The van der Waals surface area contributed by atoms with E-state index >= 15 is 0 Å². The van der Waals surface area contributed by atoms with Crippen molar-refractivity contribution in [3.05, 3.63) is 22.8 Å². The summed E-state index contributed by atoms with van der Waals surface area (Å²) in [4.78, 5) is 4.87. The second-order valence-corrected chi connectivity index (χ2v) is 3.56. The van der Waals surface area contributed by atoms with Crippen molar-refractivity contribution >= 4 is 0 Å². The number of hydrogen-bond acceptors (Lipinski definition) is 4. The molecule has 0 aliphatic carbocycles. The first-order chi connectivity index (χ1) is 7.65. The van der Waals surface area contributed by atoms with Gasteiger partial charge >= 0.3 is 0 Å². The third-order valence-electron chi connectivity index (χ3n) is 2.62. The minimum absolute atomic E-state index is 0.587. The number of hydroxylamine groups is 1. The molecule has 0 unspecified atom stereocenters. The van der Waals surface area contributed by atoms with Gasteiger partial charge in [0, 0.05) is 5.56 Å². The van der Waals surface area contributed by atoms with Crippen LogP contribution in [0, 0.1) is 13.8 Å². The number of rotatable bonds is 5. The molecule has 4 nitrogen and oxygen atoms in total. The lowest BCUT2D eigenvalue weighted by Gasteiger charge is -2.17. The highest BCUT2D eigenvalue weighted by Gasteiger charge is 2.14. The molecule has 0 aromatic heterocycles. The molecule has 1 rings (SSSR count). The van der Waals surface area contributed by atoms with E-state index in [1.54, 1.807) is 21.3 Å². The quantitative estimate of drug-likeness (QED) is 0.778. The Bertz CT molecular complexity index is 364. The van der Waals surface area contributed by atoms with E-state index in [0.717, 1.165) is 28.2 Å². The SMILES string of the molecule is CONCc1c(C)c(OC)cc(C)c1OC. The molecule has 0 aliphatic rings. The monoisotopic (exact) mass is 225 g/mol. The summed E-state index contributed by atoms with van der Waals surface area (Å²) in [6.07, 6.45) is 0. The summed E-state index contributed by atoms with van der Waals surface area (Å²) in [7, 11) is 4.93. The Kier molecular flexibility index (Phi) is 4.58. The number of ether oxygens (including phenoxy) is 2. The molecule has 90 valence electrons. The first kappa shape index (κ1) is 12.8. The molecule has 1 aromatic carbocycles. The van der Waals surface area contributed by atoms with E-state index in [0.29, 0.717) is 6.54 Å². The number of methoxy groups -OCH3 is 2. The van der Waals surface area contributed by atoms with Crippen LogP contribution in [-0.4, -0.2) is 21.3 Å². The van der Waals surface area contributed by atoms with Gasteiger partial charge in [-0.05, 0) is 31.0 Å². The molecule has 0 fully saturated rings. The molecular formula is C12H19NO3. The van der Waals surface area contributed by atoms with Gasteiger partial charge in [-0.25, -0.2) is 0 Å². The highest BCUT2D eigenvalue weighted by Crippen LogP contribution is 2.33. The van der Waals surface area contributed by atoms with Gasteiger partial charge < -0.3 is 14.3 Å². The molecule has 1 aromatic rings. The van der Waals surface area contributed by atoms with Crippen molar-refractivity contribution in [1.82, 2.24) is 5.48 Å². The minimum atomic E-state index is 0.587. The van der Waals surface area contributed by atoms with E-state index in [1.165, 1.54) is 0 Å². The van der Waals surface area contributed by atoms with E-state index in [2.05, 4.69) is 5.48 Å². The van der Waals surface area contributed by atoms with Crippen LogP contribution in [0.25, 0.3) is 0 Å². The molecule has 0 radical (unpaired) electrons. The molecule has 0 saturated carbocycles. The molecule has 0 amide bonds. The molecule has 16 heavy (non-hydrogen) atoms. The number of nitrogens with one attached hydrogen (secondary N) is 1. The van der Waals surface area contributed by atoms with Crippen molar-refractivity contribution in [3.63, 3.8) is 0 Å². The summed E-state index contributed by atoms with van der Waals surface area (Å²) in [5.41, 5.74) is 6.00. The number of hydrogen-bond donors (Lipinski definition) is 1. The Balaban J connectivity index is 3.22. The van der Waals surface area contributed by atoms with Crippen LogP contribution < -0.4 is 15.0 Å². The standard InChI is InChI=1S/C12H19NO3/c1-8-6-11(14-3)9(2)10(7-13-16-5)12(8)15-4/h6,13H,7H2,1-5H3. The average molecular weight is 225 g/mol. The van der Waals surface area contributed by atoms with Crippen molar-refractivity contribution in [3.8, 4) is 11.5 Å². The topological polar surface area (TPSA) is 39.7 Å². The Morgan fingerprint density at radius 3 is 2.31 bits per heavy atom. The van der Waals surface area contributed by atoms with Gasteiger partial charge in [0.2, 0.25) is 0 Å². The minimum Gasteiger partial charge on any atom is -0.496 e. The second-order valence-electron chi connectivity index (χ2n) is 3.56. The van der Waals surface area contributed by atoms with Gasteiger partial charge in [-0.2, -0.15) is 5.48 Å². The van der Waals surface area contributed by atoms with E-state index < -0.39 is 0 Å². The average Bonchev–Trinajstić information content (AvgIpc) is 2.29. The summed E-state index contributed by atoms with van der Waals surface area (Å²) in [5.74, 6) is 1.74. The predicted octanol–water partition coefficient (Wildman–Crippen LogP) is 1.97. The predicted molar refractivity (Wildman–Crippen MR) is 62.9 cm³/mol. The van der Waals surface area contributed by atoms with Gasteiger partial charge in [-0.1, -0.05) is 0 Å². The molecule has 0 bridgehead atoms. The summed E-state index contributed by atoms with van der Waals surface area (Å²) >= 11 is 0. The fourth-order valence-corrected chi connectivity index (χ4v) is 1.78. The first-order valence-electron chi connectivity index (χ1n) is 5.12. The largest absolute Gasteiger partial charge is 0.496 e. The summed E-state index contributed by atoms with van der Waals surface area (Å²) in [6.45, 7) is 4.59. The van der Waals surface area contributed by atoms with Gasteiger partial charge in [-0.15, -0.1) is 0 Å². The highest BCUT2D eigenvalue weighted by atomic mass is 16.6. The third-order valence-corrected chi connectivity index (χ3v) is 2.62.